The third kappa shape index (κ3) is 4.26. The molecular weight excluding hydrogens is 402 g/mol. The number of fused-ring (bicyclic) bond motifs is 1. The number of rotatable bonds is 4. The Kier molecular flexibility index (Phi) is 5.43. The maximum Gasteiger partial charge on any atom is 0.257 e. The second-order valence-electron chi connectivity index (χ2n) is 7.89. The third-order valence-electron chi connectivity index (χ3n) is 5.66. The number of piperazine rings is 1. The maximum atomic E-state index is 12.9. The Labute approximate surface area is 185 Å². The molecule has 0 bridgehead atoms. The molecule has 0 spiro atoms. The van der Waals surface area contributed by atoms with E-state index in [1.807, 2.05) is 48.7 Å². The molecule has 8 nitrogen and oxygen atoms in total. The zero-order valence-electron chi connectivity index (χ0n) is 17.8. The lowest BCUT2D eigenvalue weighted by Gasteiger charge is -2.33. The van der Waals surface area contributed by atoms with E-state index in [0.717, 1.165) is 54.0 Å². The summed E-state index contributed by atoms with van der Waals surface area (Å²) in [5, 5.41) is 12.2. The number of anilines is 2. The van der Waals surface area contributed by atoms with Crippen molar-refractivity contribution in [2.45, 2.75) is 0 Å². The van der Waals surface area contributed by atoms with Crippen LogP contribution in [0.2, 0.25) is 0 Å². The van der Waals surface area contributed by atoms with Crippen molar-refractivity contribution in [3.8, 4) is 11.1 Å². The van der Waals surface area contributed by atoms with Crippen LogP contribution in [-0.2, 0) is 0 Å². The van der Waals surface area contributed by atoms with Crippen LogP contribution >= 0.6 is 0 Å². The van der Waals surface area contributed by atoms with Gasteiger partial charge < -0.3 is 15.1 Å². The van der Waals surface area contributed by atoms with Crippen LogP contribution in [0.15, 0.2) is 67.1 Å². The molecule has 0 unspecified atom stereocenters. The number of likely N-dealkylation sites (N-methyl/N-ethyl adjacent to an activating group) is 1. The molecule has 5 rings (SSSR count). The van der Waals surface area contributed by atoms with E-state index in [4.69, 9.17) is 0 Å². The first-order valence-corrected chi connectivity index (χ1v) is 10.5. The predicted octanol–water partition coefficient (Wildman–Crippen LogP) is 3.09. The normalized spacial score (nSPS) is 14.5. The Morgan fingerprint density at radius 2 is 1.81 bits per heavy atom. The monoisotopic (exact) mass is 425 g/mol. The van der Waals surface area contributed by atoms with E-state index in [-0.39, 0.29) is 5.91 Å². The molecule has 1 amide bonds. The number of amides is 1. The zero-order chi connectivity index (χ0) is 21.9. The topological polar surface area (TPSA) is 87.1 Å². The van der Waals surface area contributed by atoms with Crippen LogP contribution in [0.4, 0.5) is 11.6 Å². The standard InChI is InChI=1S/C24H23N7O/c1-30-9-11-31(12-10-30)23-15-18(6-8-26-23)24(32)27-22-14-20-13-17(4-5-21(20)28-29-22)19-3-2-7-25-16-19/h2-8,13-16H,9-12H2,1H3,(H,27,29,32). The van der Waals surface area contributed by atoms with Gasteiger partial charge in [-0.05, 0) is 49.0 Å². The number of nitrogens with zero attached hydrogens (tertiary/aromatic N) is 6. The van der Waals surface area contributed by atoms with Gasteiger partial charge in [-0.3, -0.25) is 9.78 Å². The molecule has 1 aliphatic heterocycles. The smallest absolute Gasteiger partial charge is 0.257 e. The number of nitrogens with one attached hydrogen (secondary N) is 1. The van der Waals surface area contributed by atoms with Crippen molar-refractivity contribution >= 4 is 28.4 Å². The molecule has 0 aliphatic carbocycles. The molecule has 0 saturated carbocycles. The Balaban J connectivity index is 1.36. The van der Waals surface area contributed by atoms with E-state index in [1.165, 1.54) is 0 Å². The lowest BCUT2D eigenvalue weighted by Crippen LogP contribution is -2.44. The minimum Gasteiger partial charge on any atom is -0.354 e. The van der Waals surface area contributed by atoms with Gasteiger partial charge in [0.2, 0.25) is 0 Å². The number of hydrogen-bond donors (Lipinski definition) is 1. The molecule has 1 aromatic carbocycles. The van der Waals surface area contributed by atoms with Crippen molar-refractivity contribution in [1.82, 2.24) is 25.1 Å². The number of aromatic nitrogens is 4. The first-order valence-electron chi connectivity index (χ1n) is 10.5. The van der Waals surface area contributed by atoms with E-state index in [1.54, 1.807) is 18.5 Å². The lowest BCUT2D eigenvalue weighted by atomic mass is 10.1. The van der Waals surface area contributed by atoms with E-state index in [2.05, 4.69) is 42.3 Å². The minimum atomic E-state index is -0.236. The molecule has 32 heavy (non-hydrogen) atoms. The van der Waals surface area contributed by atoms with Crippen molar-refractivity contribution in [3.05, 3.63) is 72.7 Å². The average Bonchev–Trinajstić information content (AvgIpc) is 2.84. The summed E-state index contributed by atoms with van der Waals surface area (Å²) in [6.45, 7) is 3.74. The Bertz CT molecular complexity index is 1250. The molecule has 1 saturated heterocycles. The molecule has 4 heterocycles. The van der Waals surface area contributed by atoms with Gasteiger partial charge in [-0.15, -0.1) is 10.2 Å². The number of benzene rings is 1. The number of pyridine rings is 2. The van der Waals surface area contributed by atoms with Crippen molar-refractivity contribution in [2.24, 2.45) is 0 Å². The average molecular weight is 425 g/mol. The number of hydrogen-bond acceptors (Lipinski definition) is 7. The van der Waals surface area contributed by atoms with Gasteiger partial charge in [0.05, 0.1) is 5.52 Å². The molecule has 1 fully saturated rings. The summed E-state index contributed by atoms with van der Waals surface area (Å²) in [5.74, 6) is 0.986. The van der Waals surface area contributed by atoms with Gasteiger partial charge >= 0.3 is 0 Å². The largest absolute Gasteiger partial charge is 0.354 e. The zero-order valence-corrected chi connectivity index (χ0v) is 17.8. The summed E-state index contributed by atoms with van der Waals surface area (Å²) in [5.41, 5.74) is 3.35. The fourth-order valence-corrected chi connectivity index (χ4v) is 3.78. The third-order valence-corrected chi connectivity index (χ3v) is 5.66. The molecule has 1 N–H and O–H groups in total. The highest BCUT2D eigenvalue weighted by Gasteiger charge is 2.17. The Morgan fingerprint density at radius 3 is 2.62 bits per heavy atom. The molecular formula is C24H23N7O. The fraction of sp³-hybridized carbons (Fsp3) is 0.208. The van der Waals surface area contributed by atoms with Gasteiger partial charge in [0.15, 0.2) is 5.82 Å². The quantitative estimate of drug-likeness (QED) is 0.538. The van der Waals surface area contributed by atoms with Crippen molar-refractivity contribution in [2.75, 3.05) is 43.4 Å². The Morgan fingerprint density at radius 1 is 0.938 bits per heavy atom. The second-order valence-corrected chi connectivity index (χ2v) is 7.89. The summed E-state index contributed by atoms with van der Waals surface area (Å²) >= 11 is 0. The summed E-state index contributed by atoms with van der Waals surface area (Å²) in [6, 6.07) is 15.2. The lowest BCUT2D eigenvalue weighted by molar-refractivity contribution is 0.102. The summed E-state index contributed by atoms with van der Waals surface area (Å²) < 4.78 is 0. The number of carbonyl (C=O) groups is 1. The minimum absolute atomic E-state index is 0.236. The van der Waals surface area contributed by atoms with Crippen LogP contribution < -0.4 is 10.2 Å². The molecule has 8 heteroatoms. The maximum absolute atomic E-state index is 12.9. The van der Waals surface area contributed by atoms with Crippen LogP contribution in [0.1, 0.15) is 10.4 Å². The first kappa shape index (κ1) is 20.0. The summed E-state index contributed by atoms with van der Waals surface area (Å²) in [4.78, 5) is 26.0. The second kappa shape index (κ2) is 8.68. The van der Waals surface area contributed by atoms with Gasteiger partial charge in [-0.1, -0.05) is 12.1 Å². The van der Waals surface area contributed by atoms with Gasteiger partial charge in [-0.2, -0.15) is 0 Å². The van der Waals surface area contributed by atoms with E-state index < -0.39 is 0 Å². The highest BCUT2D eigenvalue weighted by atomic mass is 16.1. The highest BCUT2D eigenvalue weighted by molar-refractivity contribution is 6.04. The van der Waals surface area contributed by atoms with Crippen LogP contribution in [0.3, 0.4) is 0 Å². The molecule has 0 atom stereocenters. The molecule has 1 aliphatic rings. The molecule has 4 aromatic rings. The van der Waals surface area contributed by atoms with Crippen LogP contribution in [0.5, 0.6) is 0 Å². The van der Waals surface area contributed by atoms with Gasteiger partial charge in [0.25, 0.3) is 5.91 Å². The van der Waals surface area contributed by atoms with Crippen molar-refractivity contribution in [1.29, 1.82) is 0 Å². The molecule has 0 radical (unpaired) electrons. The summed E-state index contributed by atoms with van der Waals surface area (Å²) in [7, 11) is 2.11. The van der Waals surface area contributed by atoms with E-state index >= 15 is 0 Å². The van der Waals surface area contributed by atoms with Gasteiger partial charge in [0.1, 0.15) is 5.82 Å². The van der Waals surface area contributed by atoms with Crippen molar-refractivity contribution < 1.29 is 4.79 Å². The van der Waals surface area contributed by atoms with Gasteiger partial charge in [-0.25, -0.2) is 4.98 Å². The highest BCUT2D eigenvalue weighted by Crippen LogP contribution is 2.24. The predicted molar refractivity (Wildman–Crippen MR) is 125 cm³/mol. The Hall–Kier alpha value is -3.91. The number of carbonyl (C=O) groups excluding carboxylic acids is 1. The van der Waals surface area contributed by atoms with Crippen LogP contribution in [0.25, 0.3) is 22.0 Å². The molecule has 160 valence electrons. The van der Waals surface area contributed by atoms with E-state index in [0.29, 0.717) is 11.4 Å². The van der Waals surface area contributed by atoms with Crippen LogP contribution in [0, 0.1) is 0 Å². The van der Waals surface area contributed by atoms with Crippen molar-refractivity contribution in [3.63, 3.8) is 0 Å². The van der Waals surface area contributed by atoms with Gasteiger partial charge in [0, 0.05) is 61.3 Å². The molecule has 3 aromatic heterocycles. The fourth-order valence-electron chi connectivity index (χ4n) is 3.78. The van der Waals surface area contributed by atoms with Crippen LogP contribution in [-0.4, -0.2) is 64.2 Å². The van der Waals surface area contributed by atoms with E-state index in [9.17, 15) is 4.79 Å². The first-order chi connectivity index (χ1) is 15.7. The summed E-state index contributed by atoms with van der Waals surface area (Å²) in [6.07, 6.45) is 5.24. The SMILES string of the molecule is CN1CCN(c2cc(C(=O)Nc3cc4cc(-c5cccnc5)ccc4nn3)ccn2)CC1.